The number of hydrogen-bond donors (Lipinski definition) is 2. The second-order valence-electron chi connectivity index (χ2n) is 6.21. The van der Waals surface area contributed by atoms with Gasteiger partial charge in [0.25, 0.3) is 0 Å². The van der Waals surface area contributed by atoms with Crippen molar-refractivity contribution < 1.29 is 18.9 Å². The lowest BCUT2D eigenvalue weighted by molar-refractivity contribution is 0.310. The molecule has 0 spiro atoms. The molecule has 0 aliphatic rings. The van der Waals surface area contributed by atoms with Crippen LogP contribution < -0.4 is 29.6 Å². The normalized spacial score (nSPS) is 10.6. The molecule has 0 atom stereocenters. The van der Waals surface area contributed by atoms with Gasteiger partial charge in [0, 0.05) is 20.1 Å². The van der Waals surface area contributed by atoms with Crippen molar-refractivity contribution in [2.24, 2.45) is 4.99 Å². The van der Waals surface area contributed by atoms with Crippen LogP contribution in [-0.2, 0) is 13.0 Å². The summed E-state index contributed by atoms with van der Waals surface area (Å²) in [7, 11) is 6.67. The third-order valence-corrected chi connectivity index (χ3v) is 4.37. The fraction of sp³-hybridized carbons (Fsp3) is 0.409. The molecule has 0 saturated carbocycles. The van der Waals surface area contributed by atoms with Crippen LogP contribution >= 0.6 is 24.0 Å². The van der Waals surface area contributed by atoms with Gasteiger partial charge in [0.1, 0.15) is 0 Å². The summed E-state index contributed by atoms with van der Waals surface area (Å²) in [6.45, 7) is 3.91. The lowest BCUT2D eigenvalue weighted by Crippen LogP contribution is -2.37. The Morgan fingerprint density at radius 2 is 1.43 bits per heavy atom. The molecule has 2 rings (SSSR count). The van der Waals surface area contributed by atoms with Crippen molar-refractivity contribution in [3.8, 4) is 23.0 Å². The van der Waals surface area contributed by atoms with Crippen LogP contribution in [0.25, 0.3) is 0 Å². The Balaban J connectivity index is 0.00000450. The molecule has 8 heteroatoms. The first-order valence-corrected chi connectivity index (χ1v) is 9.60. The van der Waals surface area contributed by atoms with E-state index < -0.39 is 0 Å². The van der Waals surface area contributed by atoms with Crippen molar-refractivity contribution in [1.29, 1.82) is 0 Å². The highest BCUT2D eigenvalue weighted by atomic mass is 127. The molecule has 166 valence electrons. The lowest BCUT2D eigenvalue weighted by atomic mass is 10.1. The van der Waals surface area contributed by atoms with E-state index in [0.29, 0.717) is 13.2 Å². The van der Waals surface area contributed by atoms with Crippen molar-refractivity contribution in [3.63, 3.8) is 0 Å². The van der Waals surface area contributed by atoms with Crippen LogP contribution in [0.4, 0.5) is 0 Å². The van der Waals surface area contributed by atoms with Gasteiger partial charge in [0.15, 0.2) is 29.0 Å². The molecular formula is C22H32IN3O4. The molecule has 0 aromatic heterocycles. The zero-order valence-electron chi connectivity index (χ0n) is 18.3. The second-order valence-corrected chi connectivity index (χ2v) is 6.21. The topological polar surface area (TPSA) is 73.3 Å². The van der Waals surface area contributed by atoms with E-state index in [-0.39, 0.29) is 24.0 Å². The first-order chi connectivity index (χ1) is 14.1. The van der Waals surface area contributed by atoms with Crippen molar-refractivity contribution in [2.45, 2.75) is 19.9 Å². The minimum Gasteiger partial charge on any atom is -0.493 e. The number of nitrogens with zero attached hydrogens (tertiary/aromatic N) is 1. The Bertz CT molecular complexity index is 815. The summed E-state index contributed by atoms with van der Waals surface area (Å²) in [6.07, 6.45) is 0.831. The largest absolute Gasteiger partial charge is 0.493 e. The Kier molecular flexibility index (Phi) is 11.8. The molecule has 0 fully saturated rings. The summed E-state index contributed by atoms with van der Waals surface area (Å²) in [5, 5.41) is 6.64. The monoisotopic (exact) mass is 529 g/mol. The van der Waals surface area contributed by atoms with E-state index in [0.717, 1.165) is 53.1 Å². The summed E-state index contributed by atoms with van der Waals surface area (Å²) in [6, 6.07) is 11.8. The van der Waals surface area contributed by atoms with Gasteiger partial charge < -0.3 is 29.6 Å². The van der Waals surface area contributed by atoms with Crippen molar-refractivity contribution in [2.75, 3.05) is 41.5 Å². The Morgan fingerprint density at radius 1 is 0.833 bits per heavy atom. The standard InChI is InChI=1S/C22H31N3O4.HI/c1-6-29-21-14-17(8-10-19(21)27-4)15-25-22(23-2)24-12-11-16-7-9-18(26-3)20(13-16)28-5;/h7-10,13-14H,6,11-12,15H2,1-5H3,(H2,23,24,25);1H. The lowest BCUT2D eigenvalue weighted by Gasteiger charge is -2.14. The van der Waals surface area contributed by atoms with Gasteiger partial charge in [-0.15, -0.1) is 24.0 Å². The number of nitrogens with one attached hydrogen (secondary N) is 2. The highest BCUT2D eigenvalue weighted by molar-refractivity contribution is 14.0. The maximum Gasteiger partial charge on any atom is 0.191 e. The van der Waals surface area contributed by atoms with Crippen LogP contribution in [-0.4, -0.2) is 47.5 Å². The number of rotatable bonds is 10. The maximum atomic E-state index is 5.63. The van der Waals surface area contributed by atoms with E-state index in [1.165, 1.54) is 0 Å². The second kappa shape index (κ2) is 13.8. The smallest absolute Gasteiger partial charge is 0.191 e. The zero-order chi connectivity index (χ0) is 21.1. The van der Waals surface area contributed by atoms with Gasteiger partial charge in [0.2, 0.25) is 0 Å². The summed E-state index contributed by atoms with van der Waals surface area (Å²) in [4.78, 5) is 4.28. The van der Waals surface area contributed by atoms with E-state index in [9.17, 15) is 0 Å². The number of guanidine groups is 1. The molecule has 2 aromatic rings. The first-order valence-electron chi connectivity index (χ1n) is 9.60. The van der Waals surface area contributed by atoms with E-state index >= 15 is 0 Å². The molecule has 2 aromatic carbocycles. The Morgan fingerprint density at radius 3 is 2.03 bits per heavy atom. The Labute approximate surface area is 196 Å². The Hall–Kier alpha value is -2.36. The molecule has 0 saturated heterocycles. The van der Waals surface area contributed by atoms with Crippen LogP contribution in [0.15, 0.2) is 41.4 Å². The van der Waals surface area contributed by atoms with Crippen LogP contribution in [0.1, 0.15) is 18.1 Å². The summed E-state index contributed by atoms with van der Waals surface area (Å²) in [5.41, 5.74) is 2.24. The van der Waals surface area contributed by atoms with Gasteiger partial charge in [-0.2, -0.15) is 0 Å². The predicted molar refractivity (Wildman–Crippen MR) is 131 cm³/mol. The molecule has 0 aliphatic heterocycles. The molecule has 0 unspecified atom stereocenters. The maximum absolute atomic E-state index is 5.63. The minimum atomic E-state index is 0. The van der Waals surface area contributed by atoms with E-state index in [1.807, 2.05) is 43.3 Å². The van der Waals surface area contributed by atoms with Gasteiger partial charge in [-0.25, -0.2) is 0 Å². The van der Waals surface area contributed by atoms with Gasteiger partial charge >= 0.3 is 0 Å². The number of halogens is 1. The third kappa shape index (κ3) is 7.47. The van der Waals surface area contributed by atoms with Crippen LogP contribution in [0.5, 0.6) is 23.0 Å². The molecule has 0 heterocycles. The molecule has 30 heavy (non-hydrogen) atoms. The van der Waals surface area contributed by atoms with Gasteiger partial charge in [-0.05, 0) is 48.7 Å². The number of methoxy groups -OCH3 is 3. The number of hydrogen-bond acceptors (Lipinski definition) is 5. The van der Waals surface area contributed by atoms with Crippen LogP contribution in [0.2, 0.25) is 0 Å². The highest BCUT2D eigenvalue weighted by Crippen LogP contribution is 2.28. The van der Waals surface area contributed by atoms with Gasteiger partial charge in [-0.1, -0.05) is 12.1 Å². The van der Waals surface area contributed by atoms with Crippen LogP contribution in [0.3, 0.4) is 0 Å². The fourth-order valence-electron chi connectivity index (χ4n) is 2.87. The molecule has 0 radical (unpaired) electrons. The molecular weight excluding hydrogens is 497 g/mol. The molecule has 2 N–H and O–H groups in total. The number of benzene rings is 2. The summed E-state index contributed by atoms with van der Waals surface area (Å²) in [5.74, 6) is 3.67. The van der Waals surface area contributed by atoms with Gasteiger partial charge in [-0.3, -0.25) is 4.99 Å². The van der Waals surface area contributed by atoms with Crippen molar-refractivity contribution in [3.05, 3.63) is 47.5 Å². The van der Waals surface area contributed by atoms with Crippen molar-refractivity contribution in [1.82, 2.24) is 10.6 Å². The molecule has 0 bridgehead atoms. The van der Waals surface area contributed by atoms with E-state index in [2.05, 4.69) is 15.6 Å². The minimum absolute atomic E-state index is 0. The average Bonchev–Trinajstić information content (AvgIpc) is 2.76. The molecule has 0 aliphatic carbocycles. The quantitative estimate of drug-likeness (QED) is 0.278. The zero-order valence-corrected chi connectivity index (χ0v) is 20.6. The van der Waals surface area contributed by atoms with Crippen LogP contribution in [0, 0.1) is 0 Å². The van der Waals surface area contributed by atoms with E-state index in [1.54, 1.807) is 28.4 Å². The number of aliphatic imine (C=N–C) groups is 1. The molecule has 0 amide bonds. The van der Waals surface area contributed by atoms with E-state index in [4.69, 9.17) is 18.9 Å². The fourth-order valence-corrected chi connectivity index (χ4v) is 2.87. The highest BCUT2D eigenvalue weighted by Gasteiger charge is 2.07. The summed E-state index contributed by atoms with van der Waals surface area (Å²) < 4.78 is 21.6. The third-order valence-electron chi connectivity index (χ3n) is 4.37. The van der Waals surface area contributed by atoms with Crippen molar-refractivity contribution >= 4 is 29.9 Å². The molecule has 7 nitrogen and oxygen atoms in total. The summed E-state index contributed by atoms with van der Waals surface area (Å²) >= 11 is 0. The SMILES string of the molecule is CCOc1cc(CNC(=NC)NCCc2ccc(OC)c(OC)c2)ccc1OC.I. The average molecular weight is 529 g/mol. The predicted octanol–water partition coefficient (Wildman–Crippen LogP) is 3.64. The number of ether oxygens (including phenoxy) is 4. The first kappa shape index (κ1) is 25.7. The van der Waals surface area contributed by atoms with Gasteiger partial charge in [0.05, 0.1) is 27.9 Å².